The van der Waals surface area contributed by atoms with Gasteiger partial charge in [-0.25, -0.2) is 0 Å². The van der Waals surface area contributed by atoms with Crippen molar-refractivity contribution in [3.8, 4) is 0 Å². The third kappa shape index (κ3) is 1.89. The molecule has 0 atom stereocenters. The van der Waals surface area contributed by atoms with Crippen LogP contribution in [0.2, 0.25) is 0 Å². The molecular formula is C7H10ClNS. The fourth-order valence-corrected chi connectivity index (χ4v) is 1.66. The van der Waals surface area contributed by atoms with Gasteiger partial charge in [-0.2, -0.15) is 0 Å². The van der Waals surface area contributed by atoms with Gasteiger partial charge in [-0.3, -0.25) is 0 Å². The first-order chi connectivity index (χ1) is 4.84. The lowest BCUT2D eigenvalue weighted by molar-refractivity contribution is 1.23. The number of hydrogen-bond acceptors (Lipinski definition) is 2. The van der Waals surface area contributed by atoms with Crippen molar-refractivity contribution in [1.29, 1.82) is 0 Å². The molecule has 1 aromatic heterocycles. The van der Waals surface area contributed by atoms with Crippen molar-refractivity contribution in [3.05, 3.63) is 17.0 Å². The van der Waals surface area contributed by atoms with Crippen molar-refractivity contribution in [2.45, 2.75) is 6.92 Å². The number of anilines is 1. The van der Waals surface area contributed by atoms with E-state index in [1.54, 1.807) is 11.3 Å². The van der Waals surface area contributed by atoms with E-state index in [4.69, 9.17) is 11.6 Å². The molecule has 1 N–H and O–H groups in total. The summed E-state index contributed by atoms with van der Waals surface area (Å²) < 4.78 is 0. The third-order valence-corrected chi connectivity index (χ3v) is 2.41. The fourth-order valence-electron chi connectivity index (χ4n) is 0.715. The van der Waals surface area contributed by atoms with Crippen LogP contribution >= 0.6 is 22.9 Å². The Balaban J connectivity index is 2.49. The van der Waals surface area contributed by atoms with Crippen LogP contribution in [0.5, 0.6) is 0 Å². The highest BCUT2D eigenvalue weighted by Crippen LogP contribution is 2.21. The largest absolute Gasteiger partial charge is 0.376 e. The van der Waals surface area contributed by atoms with Crippen LogP contribution in [0.25, 0.3) is 0 Å². The summed E-state index contributed by atoms with van der Waals surface area (Å²) in [7, 11) is 0. The molecule has 0 radical (unpaired) electrons. The molecule has 0 aliphatic rings. The highest BCUT2D eigenvalue weighted by Gasteiger charge is 1.95. The maximum atomic E-state index is 5.51. The molecule has 1 nitrogen and oxygen atoms in total. The van der Waals surface area contributed by atoms with E-state index in [-0.39, 0.29) is 0 Å². The molecule has 1 rings (SSSR count). The van der Waals surface area contributed by atoms with Crippen molar-refractivity contribution < 1.29 is 0 Å². The van der Waals surface area contributed by atoms with Crippen molar-refractivity contribution in [3.63, 3.8) is 0 Å². The maximum absolute atomic E-state index is 5.51. The van der Waals surface area contributed by atoms with Crippen LogP contribution in [0.1, 0.15) is 5.56 Å². The number of halogens is 1. The minimum Gasteiger partial charge on any atom is -0.376 e. The van der Waals surface area contributed by atoms with Gasteiger partial charge in [0.1, 0.15) is 0 Å². The van der Waals surface area contributed by atoms with E-state index in [0.717, 1.165) is 6.54 Å². The minimum atomic E-state index is 0.664. The third-order valence-electron chi connectivity index (χ3n) is 1.24. The first-order valence-electron chi connectivity index (χ1n) is 3.18. The zero-order chi connectivity index (χ0) is 7.40. The van der Waals surface area contributed by atoms with E-state index in [1.165, 1.54) is 10.6 Å². The average molecular weight is 176 g/mol. The summed E-state index contributed by atoms with van der Waals surface area (Å²) in [5, 5.41) is 6.54. The first-order valence-corrected chi connectivity index (χ1v) is 4.60. The van der Waals surface area contributed by atoms with Gasteiger partial charge in [0.15, 0.2) is 0 Å². The molecule has 0 aliphatic carbocycles. The predicted molar refractivity (Wildman–Crippen MR) is 48.3 cm³/mol. The molecule has 0 aliphatic heterocycles. The fraction of sp³-hybridized carbons (Fsp3) is 0.429. The second kappa shape index (κ2) is 3.84. The summed E-state index contributed by atoms with van der Waals surface area (Å²) in [6.07, 6.45) is 0. The van der Waals surface area contributed by atoms with Gasteiger partial charge in [-0.05, 0) is 23.9 Å². The van der Waals surface area contributed by atoms with Crippen LogP contribution in [0.3, 0.4) is 0 Å². The van der Waals surface area contributed by atoms with E-state index >= 15 is 0 Å². The average Bonchev–Trinajstić information content (AvgIpc) is 2.31. The second-order valence-corrected chi connectivity index (χ2v) is 3.34. The van der Waals surface area contributed by atoms with Gasteiger partial charge in [0, 0.05) is 12.4 Å². The highest BCUT2D eigenvalue weighted by atomic mass is 35.5. The molecule has 0 unspecified atom stereocenters. The van der Waals surface area contributed by atoms with Gasteiger partial charge >= 0.3 is 0 Å². The second-order valence-electron chi connectivity index (χ2n) is 2.05. The summed E-state index contributed by atoms with van der Waals surface area (Å²) in [6.45, 7) is 2.94. The van der Waals surface area contributed by atoms with Crippen LogP contribution in [-0.2, 0) is 0 Å². The monoisotopic (exact) mass is 175 g/mol. The van der Waals surface area contributed by atoms with Gasteiger partial charge in [0.05, 0.1) is 5.00 Å². The van der Waals surface area contributed by atoms with Gasteiger partial charge in [-0.1, -0.05) is 0 Å². The van der Waals surface area contributed by atoms with Crippen molar-refractivity contribution in [1.82, 2.24) is 0 Å². The predicted octanol–water partition coefficient (Wildman–Crippen LogP) is 2.71. The topological polar surface area (TPSA) is 12.0 Å². The van der Waals surface area contributed by atoms with E-state index in [0.29, 0.717) is 5.88 Å². The molecule has 0 saturated carbocycles. The normalized spacial score (nSPS) is 9.80. The Labute approximate surface area is 70.0 Å². The van der Waals surface area contributed by atoms with Gasteiger partial charge in [0.25, 0.3) is 0 Å². The van der Waals surface area contributed by atoms with Crippen LogP contribution in [-0.4, -0.2) is 12.4 Å². The van der Waals surface area contributed by atoms with Crippen LogP contribution in [0, 0.1) is 6.92 Å². The van der Waals surface area contributed by atoms with Crippen molar-refractivity contribution in [2.24, 2.45) is 0 Å². The van der Waals surface area contributed by atoms with Crippen molar-refractivity contribution >= 4 is 27.9 Å². The molecule has 0 fully saturated rings. The lowest BCUT2D eigenvalue weighted by atomic mass is 10.4. The zero-order valence-corrected chi connectivity index (χ0v) is 7.43. The number of nitrogens with one attached hydrogen (secondary N) is 1. The molecule has 3 heteroatoms. The summed E-state index contributed by atoms with van der Waals surface area (Å²) in [5.41, 5.74) is 1.30. The van der Waals surface area contributed by atoms with E-state index in [1.807, 2.05) is 0 Å². The van der Waals surface area contributed by atoms with Crippen LogP contribution in [0.4, 0.5) is 5.00 Å². The highest BCUT2D eigenvalue weighted by molar-refractivity contribution is 7.14. The smallest absolute Gasteiger partial charge is 0.0912 e. The molecule has 0 aromatic carbocycles. The standard InChI is InChI=1S/C7H10ClNS/c1-6-2-5-10-7(6)9-4-3-8/h2,5,9H,3-4H2,1H3. The SMILES string of the molecule is Cc1ccsc1NCCCl. The molecule has 1 aromatic rings. The van der Waals surface area contributed by atoms with Gasteiger partial charge in [-0.15, -0.1) is 22.9 Å². The molecule has 0 bridgehead atoms. The number of hydrogen-bond donors (Lipinski definition) is 1. The lowest BCUT2D eigenvalue weighted by Crippen LogP contribution is -2.01. The Kier molecular flexibility index (Phi) is 3.03. The minimum absolute atomic E-state index is 0.664. The molecule has 10 heavy (non-hydrogen) atoms. The van der Waals surface area contributed by atoms with Gasteiger partial charge < -0.3 is 5.32 Å². The van der Waals surface area contributed by atoms with Crippen LogP contribution < -0.4 is 5.32 Å². The maximum Gasteiger partial charge on any atom is 0.0912 e. The molecule has 0 saturated heterocycles. The summed E-state index contributed by atoms with van der Waals surface area (Å²) in [5.74, 6) is 0.664. The Hall–Kier alpha value is -0.210. The number of thiophene rings is 1. The summed E-state index contributed by atoms with van der Waals surface area (Å²) in [6, 6.07) is 2.10. The quantitative estimate of drug-likeness (QED) is 0.697. The zero-order valence-electron chi connectivity index (χ0n) is 5.86. The van der Waals surface area contributed by atoms with Crippen molar-refractivity contribution in [2.75, 3.05) is 17.7 Å². The molecule has 56 valence electrons. The van der Waals surface area contributed by atoms with E-state index < -0.39 is 0 Å². The summed E-state index contributed by atoms with van der Waals surface area (Å²) >= 11 is 7.23. The number of rotatable bonds is 3. The molecule has 0 amide bonds. The lowest BCUT2D eigenvalue weighted by Gasteiger charge is -2.00. The Morgan fingerprint density at radius 1 is 1.70 bits per heavy atom. The number of alkyl halides is 1. The number of aryl methyl sites for hydroxylation is 1. The van der Waals surface area contributed by atoms with E-state index in [9.17, 15) is 0 Å². The first kappa shape index (κ1) is 7.89. The molecule has 0 spiro atoms. The molecular weight excluding hydrogens is 166 g/mol. The van der Waals surface area contributed by atoms with Crippen LogP contribution in [0.15, 0.2) is 11.4 Å². The van der Waals surface area contributed by atoms with E-state index in [2.05, 4.69) is 23.7 Å². The Bertz CT molecular complexity index is 197. The Morgan fingerprint density at radius 3 is 3.00 bits per heavy atom. The Morgan fingerprint density at radius 2 is 2.50 bits per heavy atom. The van der Waals surface area contributed by atoms with Gasteiger partial charge in [0.2, 0.25) is 0 Å². The summed E-state index contributed by atoms with van der Waals surface area (Å²) in [4.78, 5) is 0. The molecule has 1 heterocycles.